The third-order valence-corrected chi connectivity index (χ3v) is 3.04. The Hall–Kier alpha value is -0.620. The summed E-state index contributed by atoms with van der Waals surface area (Å²) >= 11 is 3.34. The van der Waals surface area contributed by atoms with Gasteiger partial charge in [-0.05, 0) is 24.6 Å². The number of halogens is 2. The summed E-state index contributed by atoms with van der Waals surface area (Å²) in [5, 5.41) is 2.74. The van der Waals surface area contributed by atoms with Gasteiger partial charge >= 0.3 is 0 Å². The van der Waals surface area contributed by atoms with Crippen LogP contribution in [-0.2, 0) is 15.1 Å². The average Bonchev–Trinajstić information content (AvgIpc) is 2.29. The number of methoxy groups -OCH3 is 1. The Morgan fingerprint density at radius 1 is 1.44 bits per heavy atom. The molecule has 1 aromatic rings. The second-order valence-corrected chi connectivity index (χ2v) is 4.87. The first-order valence-electron chi connectivity index (χ1n) is 5.30. The smallest absolute Gasteiger partial charge is 0.244 e. The minimum Gasteiger partial charge on any atom is -0.383 e. The summed E-state index contributed by atoms with van der Waals surface area (Å²) in [5.41, 5.74) is 5.79. The molecule has 0 radical (unpaired) electrons. The first-order valence-corrected chi connectivity index (χ1v) is 6.10. The lowest BCUT2D eigenvalue weighted by Crippen LogP contribution is -2.49. The van der Waals surface area contributed by atoms with Crippen molar-refractivity contribution in [3.05, 3.63) is 34.3 Å². The quantitative estimate of drug-likeness (QED) is 0.805. The van der Waals surface area contributed by atoms with E-state index < -0.39 is 5.54 Å². The summed E-state index contributed by atoms with van der Waals surface area (Å²) in [6, 6.07) is 7.39. The highest BCUT2D eigenvalue weighted by Crippen LogP contribution is 2.20. The standard InChI is InChI=1S/C12H17BrN2O2.ClH/c1-12(14,11(16)15-7-8-17-2)9-3-5-10(13)6-4-9;/h3-6H,7-8,14H2,1-2H3,(H,15,16);1H. The summed E-state index contributed by atoms with van der Waals surface area (Å²) in [6.07, 6.45) is 0. The Balaban J connectivity index is 0.00000289. The van der Waals surface area contributed by atoms with Gasteiger partial charge in [-0.3, -0.25) is 4.79 Å². The Bertz CT molecular complexity index is 382. The fourth-order valence-corrected chi connectivity index (χ4v) is 1.64. The first kappa shape index (κ1) is 17.4. The van der Waals surface area contributed by atoms with E-state index in [9.17, 15) is 4.79 Å². The molecule has 18 heavy (non-hydrogen) atoms. The summed E-state index contributed by atoms with van der Waals surface area (Å²) in [4.78, 5) is 11.9. The molecule has 1 unspecified atom stereocenters. The molecule has 0 bridgehead atoms. The van der Waals surface area contributed by atoms with Gasteiger partial charge in [-0.15, -0.1) is 12.4 Å². The van der Waals surface area contributed by atoms with Crippen LogP contribution in [0.5, 0.6) is 0 Å². The number of nitrogens with two attached hydrogens (primary N) is 1. The van der Waals surface area contributed by atoms with Crippen LogP contribution in [0.1, 0.15) is 12.5 Å². The molecule has 0 saturated carbocycles. The van der Waals surface area contributed by atoms with Crippen molar-refractivity contribution >= 4 is 34.2 Å². The molecule has 1 atom stereocenters. The van der Waals surface area contributed by atoms with Gasteiger partial charge in [0.1, 0.15) is 5.54 Å². The topological polar surface area (TPSA) is 64.3 Å². The number of rotatable bonds is 5. The SMILES string of the molecule is COCCNC(=O)C(C)(N)c1ccc(Br)cc1.Cl. The number of ether oxygens (including phenoxy) is 1. The summed E-state index contributed by atoms with van der Waals surface area (Å²) in [6.45, 7) is 2.62. The van der Waals surface area contributed by atoms with Crippen molar-refractivity contribution < 1.29 is 9.53 Å². The monoisotopic (exact) mass is 336 g/mol. The van der Waals surface area contributed by atoms with E-state index in [0.717, 1.165) is 10.0 Å². The normalized spacial score (nSPS) is 13.3. The third-order valence-electron chi connectivity index (χ3n) is 2.51. The Labute approximate surface area is 122 Å². The molecule has 4 nitrogen and oxygen atoms in total. The predicted molar refractivity (Wildman–Crippen MR) is 77.8 cm³/mol. The minimum atomic E-state index is -1.03. The van der Waals surface area contributed by atoms with Gasteiger partial charge in [0, 0.05) is 18.1 Å². The zero-order valence-electron chi connectivity index (χ0n) is 10.4. The van der Waals surface area contributed by atoms with Crippen LogP contribution in [-0.4, -0.2) is 26.2 Å². The first-order chi connectivity index (χ1) is 7.98. The van der Waals surface area contributed by atoms with Crippen LogP contribution in [0, 0.1) is 0 Å². The van der Waals surface area contributed by atoms with Crippen LogP contribution in [0.25, 0.3) is 0 Å². The molecule has 3 N–H and O–H groups in total. The fourth-order valence-electron chi connectivity index (χ4n) is 1.38. The van der Waals surface area contributed by atoms with E-state index in [4.69, 9.17) is 10.5 Å². The molecule has 1 rings (SSSR count). The lowest BCUT2D eigenvalue weighted by molar-refractivity contribution is -0.126. The second-order valence-electron chi connectivity index (χ2n) is 3.96. The molecule has 1 aromatic carbocycles. The highest BCUT2D eigenvalue weighted by Gasteiger charge is 2.29. The van der Waals surface area contributed by atoms with E-state index in [2.05, 4.69) is 21.2 Å². The van der Waals surface area contributed by atoms with Crippen LogP contribution in [0.15, 0.2) is 28.7 Å². The van der Waals surface area contributed by atoms with Crippen LogP contribution in [0.2, 0.25) is 0 Å². The van der Waals surface area contributed by atoms with Gasteiger partial charge in [-0.2, -0.15) is 0 Å². The number of amides is 1. The molecule has 0 fully saturated rings. The highest BCUT2D eigenvalue weighted by molar-refractivity contribution is 9.10. The summed E-state index contributed by atoms with van der Waals surface area (Å²) in [5.74, 6) is -0.211. The maximum Gasteiger partial charge on any atom is 0.244 e. The maximum atomic E-state index is 11.9. The Kier molecular flexibility index (Phi) is 7.47. The van der Waals surface area contributed by atoms with Gasteiger partial charge in [0.25, 0.3) is 0 Å². The predicted octanol–water partition coefficient (Wildman–Crippen LogP) is 1.81. The van der Waals surface area contributed by atoms with Crippen molar-refractivity contribution in [3.8, 4) is 0 Å². The van der Waals surface area contributed by atoms with Gasteiger partial charge in [-0.1, -0.05) is 28.1 Å². The van der Waals surface area contributed by atoms with E-state index in [0.29, 0.717) is 13.2 Å². The third kappa shape index (κ3) is 4.57. The zero-order valence-corrected chi connectivity index (χ0v) is 12.8. The van der Waals surface area contributed by atoms with Crippen LogP contribution in [0.3, 0.4) is 0 Å². The number of hydrogen-bond acceptors (Lipinski definition) is 3. The number of nitrogens with one attached hydrogen (secondary N) is 1. The van der Waals surface area contributed by atoms with Gasteiger partial charge in [0.15, 0.2) is 0 Å². The van der Waals surface area contributed by atoms with Gasteiger partial charge in [-0.25, -0.2) is 0 Å². The Morgan fingerprint density at radius 2 is 2.00 bits per heavy atom. The zero-order chi connectivity index (χ0) is 12.9. The van der Waals surface area contributed by atoms with Gasteiger partial charge in [0.2, 0.25) is 5.91 Å². The molecular formula is C12H18BrClN2O2. The molecule has 6 heteroatoms. The molecule has 0 heterocycles. The molecule has 1 amide bonds. The number of carbonyl (C=O) groups is 1. The van der Waals surface area contributed by atoms with Crippen LogP contribution in [0.4, 0.5) is 0 Å². The van der Waals surface area contributed by atoms with Gasteiger partial charge < -0.3 is 15.8 Å². The van der Waals surface area contributed by atoms with Crippen molar-refractivity contribution in [3.63, 3.8) is 0 Å². The minimum absolute atomic E-state index is 0. The molecule has 0 saturated heterocycles. The van der Waals surface area contributed by atoms with Gasteiger partial charge in [0.05, 0.1) is 6.61 Å². The molecule has 102 valence electrons. The molecule has 0 aromatic heterocycles. The van der Waals surface area contributed by atoms with Crippen molar-refractivity contribution in [2.45, 2.75) is 12.5 Å². The van der Waals surface area contributed by atoms with E-state index in [1.54, 1.807) is 14.0 Å². The largest absolute Gasteiger partial charge is 0.383 e. The molecule has 0 aliphatic rings. The molecular weight excluding hydrogens is 320 g/mol. The van der Waals surface area contributed by atoms with E-state index in [1.807, 2.05) is 24.3 Å². The lowest BCUT2D eigenvalue weighted by atomic mass is 9.92. The van der Waals surface area contributed by atoms with Crippen LogP contribution >= 0.6 is 28.3 Å². The molecule has 0 aliphatic carbocycles. The number of carbonyl (C=O) groups excluding carboxylic acids is 1. The van der Waals surface area contributed by atoms with E-state index in [-0.39, 0.29) is 18.3 Å². The van der Waals surface area contributed by atoms with E-state index in [1.165, 1.54) is 0 Å². The Morgan fingerprint density at radius 3 is 2.50 bits per heavy atom. The number of hydrogen-bond donors (Lipinski definition) is 2. The lowest BCUT2D eigenvalue weighted by Gasteiger charge is -2.24. The van der Waals surface area contributed by atoms with Crippen LogP contribution < -0.4 is 11.1 Å². The van der Waals surface area contributed by atoms with E-state index >= 15 is 0 Å². The van der Waals surface area contributed by atoms with Crippen molar-refractivity contribution in [1.29, 1.82) is 0 Å². The maximum absolute atomic E-state index is 11.9. The number of benzene rings is 1. The molecule has 0 spiro atoms. The fraction of sp³-hybridized carbons (Fsp3) is 0.417. The summed E-state index contributed by atoms with van der Waals surface area (Å²) < 4.78 is 5.82. The summed E-state index contributed by atoms with van der Waals surface area (Å²) in [7, 11) is 1.59. The van der Waals surface area contributed by atoms with Crippen molar-refractivity contribution in [2.75, 3.05) is 20.3 Å². The van der Waals surface area contributed by atoms with Crippen molar-refractivity contribution in [1.82, 2.24) is 5.32 Å². The average molecular weight is 338 g/mol. The van der Waals surface area contributed by atoms with Crippen molar-refractivity contribution in [2.24, 2.45) is 5.73 Å². The highest BCUT2D eigenvalue weighted by atomic mass is 79.9. The molecule has 0 aliphatic heterocycles. The second kappa shape index (κ2) is 7.74.